The van der Waals surface area contributed by atoms with E-state index in [9.17, 15) is 9.18 Å². The van der Waals surface area contributed by atoms with Crippen molar-refractivity contribution in [3.63, 3.8) is 0 Å². The standard InChI is InChI=1S/C18H15FN2O3/c19-15-8-4-5-9-16(15)23-12-18(22)20-11-14-10-17(24-21-14)13-6-2-1-3-7-13/h1-10H,11-12H2,(H,20,22). The zero-order valence-corrected chi connectivity index (χ0v) is 12.7. The summed E-state index contributed by atoms with van der Waals surface area (Å²) >= 11 is 0. The lowest BCUT2D eigenvalue weighted by atomic mass is 10.2. The van der Waals surface area contributed by atoms with Gasteiger partial charge in [0, 0.05) is 11.6 Å². The molecule has 1 heterocycles. The summed E-state index contributed by atoms with van der Waals surface area (Å²) in [6, 6.07) is 17.2. The number of carbonyl (C=O) groups excluding carboxylic acids is 1. The third kappa shape index (κ3) is 3.98. The normalized spacial score (nSPS) is 10.4. The van der Waals surface area contributed by atoms with Crippen LogP contribution in [0, 0.1) is 5.82 Å². The molecule has 3 rings (SSSR count). The second-order valence-corrected chi connectivity index (χ2v) is 5.04. The number of hydrogen-bond donors (Lipinski definition) is 1. The molecule has 6 heteroatoms. The van der Waals surface area contributed by atoms with Crippen molar-refractivity contribution < 1.29 is 18.4 Å². The van der Waals surface area contributed by atoms with Gasteiger partial charge in [-0.25, -0.2) is 4.39 Å². The maximum absolute atomic E-state index is 13.4. The summed E-state index contributed by atoms with van der Waals surface area (Å²) in [7, 11) is 0. The van der Waals surface area contributed by atoms with Crippen molar-refractivity contribution in [1.29, 1.82) is 0 Å². The van der Waals surface area contributed by atoms with Crippen LogP contribution >= 0.6 is 0 Å². The molecule has 1 N–H and O–H groups in total. The van der Waals surface area contributed by atoms with Gasteiger partial charge >= 0.3 is 0 Å². The number of amides is 1. The fourth-order valence-electron chi connectivity index (χ4n) is 2.08. The van der Waals surface area contributed by atoms with Gasteiger partial charge in [0.15, 0.2) is 23.9 Å². The van der Waals surface area contributed by atoms with Crippen LogP contribution in [0.4, 0.5) is 4.39 Å². The number of hydrogen-bond acceptors (Lipinski definition) is 4. The van der Waals surface area contributed by atoms with E-state index in [1.54, 1.807) is 18.2 Å². The fourth-order valence-corrected chi connectivity index (χ4v) is 2.08. The third-order valence-corrected chi connectivity index (χ3v) is 3.28. The summed E-state index contributed by atoms with van der Waals surface area (Å²) in [6.45, 7) is -0.0693. The van der Waals surface area contributed by atoms with Gasteiger partial charge < -0.3 is 14.6 Å². The van der Waals surface area contributed by atoms with E-state index in [1.165, 1.54) is 12.1 Å². The van der Waals surface area contributed by atoms with Gasteiger partial charge in [0.05, 0.1) is 6.54 Å². The number of nitrogens with zero attached hydrogens (tertiary/aromatic N) is 1. The summed E-state index contributed by atoms with van der Waals surface area (Å²) in [5, 5.41) is 6.55. The molecule has 0 radical (unpaired) electrons. The number of carbonyl (C=O) groups is 1. The molecule has 0 atom stereocenters. The van der Waals surface area contributed by atoms with Gasteiger partial charge in [0.1, 0.15) is 5.69 Å². The van der Waals surface area contributed by atoms with Crippen LogP contribution in [0.1, 0.15) is 5.69 Å². The van der Waals surface area contributed by atoms with E-state index in [0.717, 1.165) is 5.56 Å². The predicted octanol–water partition coefficient (Wildman–Crippen LogP) is 3.18. The lowest BCUT2D eigenvalue weighted by Crippen LogP contribution is -2.28. The maximum atomic E-state index is 13.4. The van der Waals surface area contributed by atoms with Gasteiger partial charge in [0.25, 0.3) is 5.91 Å². The van der Waals surface area contributed by atoms with Crippen molar-refractivity contribution in [2.75, 3.05) is 6.61 Å². The van der Waals surface area contributed by atoms with E-state index >= 15 is 0 Å². The topological polar surface area (TPSA) is 64.4 Å². The summed E-state index contributed by atoms with van der Waals surface area (Å²) in [6.07, 6.45) is 0. The molecule has 0 aliphatic heterocycles. The first kappa shape index (κ1) is 15.7. The highest BCUT2D eigenvalue weighted by Gasteiger charge is 2.09. The van der Waals surface area contributed by atoms with Crippen molar-refractivity contribution in [1.82, 2.24) is 10.5 Å². The molecule has 122 valence electrons. The van der Waals surface area contributed by atoms with Crippen LogP contribution < -0.4 is 10.1 Å². The molecule has 0 spiro atoms. The number of halogens is 1. The zero-order valence-electron chi connectivity index (χ0n) is 12.7. The van der Waals surface area contributed by atoms with E-state index < -0.39 is 5.82 Å². The molecule has 0 fully saturated rings. The number of rotatable bonds is 6. The maximum Gasteiger partial charge on any atom is 0.258 e. The SMILES string of the molecule is O=C(COc1ccccc1F)NCc1cc(-c2ccccc2)on1. The molecule has 0 saturated carbocycles. The van der Waals surface area contributed by atoms with Crippen molar-refractivity contribution in [3.8, 4) is 17.1 Å². The Kier molecular flexibility index (Phi) is 4.86. The van der Waals surface area contributed by atoms with Crippen molar-refractivity contribution in [3.05, 3.63) is 72.2 Å². The van der Waals surface area contributed by atoms with Crippen molar-refractivity contribution in [2.24, 2.45) is 0 Å². The highest BCUT2D eigenvalue weighted by Crippen LogP contribution is 2.19. The van der Waals surface area contributed by atoms with Gasteiger partial charge in [-0.3, -0.25) is 4.79 Å². The van der Waals surface area contributed by atoms with Crippen molar-refractivity contribution >= 4 is 5.91 Å². The summed E-state index contributed by atoms with van der Waals surface area (Å²) in [5.41, 5.74) is 1.50. The van der Waals surface area contributed by atoms with Crippen LogP contribution in [-0.4, -0.2) is 17.7 Å². The molecule has 3 aromatic rings. The van der Waals surface area contributed by atoms with Crippen LogP contribution in [-0.2, 0) is 11.3 Å². The minimum Gasteiger partial charge on any atom is -0.481 e. The Morgan fingerprint density at radius 2 is 1.88 bits per heavy atom. The second kappa shape index (κ2) is 7.41. The Hall–Kier alpha value is -3.15. The predicted molar refractivity (Wildman–Crippen MR) is 85.7 cm³/mol. The molecule has 24 heavy (non-hydrogen) atoms. The molecule has 0 aliphatic carbocycles. The van der Waals surface area contributed by atoms with Gasteiger partial charge in [0.2, 0.25) is 0 Å². The Labute approximate surface area is 138 Å². The zero-order chi connectivity index (χ0) is 16.8. The molecule has 2 aromatic carbocycles. The Morgan fingerprint density at radius 3 is 2.67 bits per heavy atom. The Bertz CT molecular complexity index is 818. The van der Waals surface area contributed by atoms with Crippen LogP contribution in [0.5, 0.6) is 5.75 Å². The first-order valence-corrected chi connectivity index (χ1v) is 7.37. The molecular weight excluding hydrogens is 311 g/mol. The third-order valence-electron chi connectivity index (χ3n) is 3.28. The average Bonchev–Trinajstić information content (AvgIpc) is 3.09. The highest BCUT2D eigenvalue weighted by molar-refractivity contribution is 5.77. The molecular formula is C18H15FN2O3. The molecule has 1 aromatic heterocycles. The molecule has 0 saturated heterocycles. The quantitative estimate of drug-likeness (QED) is 0.756. The molecule has 5 nitrogen and oxygen atoms in total. The smallest absolute Gasteiger partial charge is 0.258 e. The first-order chi connectivity index (χ1) is 11.7. The van der Waals surface area contributed by atoms with Gasteiger partial charge in [-0.2, -0.15) is 0 Å². The molecule has 0 aliphatic rings. The van der Waals surface area contributed by atoms with Crippen LogP contribution in [0.3, 0.4) is 0 Å². The minimum atomic E-state index is -0.505. The van der Waals surface area contributed by atoms with E-state index in [-0.39, 0.29) is 24.8 Å². The number of nitrogens with one attached hydrogen (secondary N) is 1. The summed E-state index contributed by atoms with van der Waals surface area (Å²) in [4.78, 5) is 11.8. The largest absolute Gasteiger partial charge is 0.481 e. The average molecular weight is 326 g/mol. The van der Waals surface area contributed by atoms with E-state index in [4.69, 9.17) is 9.26 Å². The molecule has 0 unspecified atom stereocenters. The molecule has 0 bridgehead atoms. The number of benzene rings is 2. The monoisotopic (exact) mass is 326 g/mol. The van der Waals surface area contributed by atoms with Crippen molar-refractivity contribution in [2.45, 2.75) is 6.54 Å². The van der Waals surface area contributed by atoms with E-state index in [0.29, 0.717) is 11.5 Å². The van der Waals surface area contributed by atoms with Gasteiger partial charge in [-0.05, 0) is 12.1 Å². The lowest BCUT2D eigenvalue weighted by molar-refractivity contribution is -0.123. The van der Waals surface area contributed by atoms with Gasteiger partial charge in [-0.15, -0.1) is 0 Å². The second-order valence-electron chi connectivity index (χ2n) is 5.04. The van der Waals surface area contributed by atoms with Crippen LogP contribution in [0.25, 0.3) is 11.3 Å². The lowest BCUT2D eigenvalue weighted by Gasteiger charge is -2.06. The number of ether oxygens (including phenoxy) is 1. The highest BCUT2D eigenvalue weighted by atomic mass is 19.1. The molecule has 1 amide bonds. The summed E-state index contributed by atoms with van der Waals surface area (Å²) in [5.74, 6) is -0.209. The Balaban J connectivity index is 1.50. The van der Waals surface area contributed by atoms with E-state index in [2.05, 4.69) is 10.5 Å². The van der Waals surface area contributed by atoms with Gasteiger partial charge in [-0.1, -0.05) is 47.6 Å². The fraction of sp³-hybridized carbons (Fsp3) is 0.111. The number of para-hydroxylation sites is 1. The Morgan fingerprint density at radius 1 is 1.12 bits per heavy atom. The number of aromatic nitrogens is 1. The van der Waals surface area contributed by atoms with E-state index in [1.807, 2.05) is 30.3 Å². The summed E-state index contributed by atoms with van der Waals surface area (Å²) < 4.78 is 23.8. The van der Waals surface area contributed by atoms with Crippen LogP contribution in [0.15, 0.2) is 65.2 Å². The van der Waals surface area contributed by atoms with Crippen LogP contribution in [0.2, 0.25) is 0 Å². The minimum absolute atomic E-state index is 0.0421. The first-order valence-electron chi connectivity index (χ1n) is 7.37.